The lowest BCUT2D eigenvalue weighted by molar-refractivity contribution is -0.313. The van der Waals surface area contributed by atoms with Crippen LogP contribution in [-0.2, 0) is 27.2 Å². The topological polar surface area (TPSA) is 95.5 Å². The number of carboxylic acids is 1. The minimum atomic E-state index is -1.18. The predicted molar refractivity (Wildman–Crippen MR) is 103 cm³/mol. The maximum absolute atomic E-state index is 13.0. The average molecular weight is 402 g/mol. The van der Waals surface area contributed by atoms with Crippen molar-refractivity contribution in [3.63, 3.8) is 0 Å². The number of anilines is 1. The van der Waals surface area contributed by atoms with Crippen LogP contribution in [0.1, 0.15) is 47.5 Å². The van der Waals surface area contributed by atoms with Gasteiger partial charge >= 0.3 is 5.97 Å². The quantitative estimate of drug-likeness (QED) is 0.602. The van der Waals surface area contributed by atoms with Crippen molar-refractivity contribution in [1.29, 1.82) is 0 Å². The number of thiophene rings is 1. The molecule has 4 rings (SSSR count). The second kappa shape index (κ2) is 7.35. The summed E-state index contributed by atoms with van der Waals surface area (Å²) in [5, 5.41) is 15.0. The first-order valence-electron chi connectivity index (χ1n) is 9.92. The molecule has 1 fully saturated rings. The number of hydrogen-bond donors (Lipinski definition) is 1. The minimum absolute atomic E-state index is 0.0893. The molecule has 3 aliphatic carbocycles. The molecule has 150 valence electrons. The Kier molecular flexibility index (Phi) is 5.04. The van der Waals surface area contributed by atoms with E-state index < -0.39 is 23.8 Å². The highest BCUT2D eigenvalue weighted by molar-refractivity contribution is 7.17. The van der Waals surface area contributed by atoms with E-state index in [9.17, 15) is 19.5 Å². The number of aliphatic carboxylic acids is 1. The number of amides is 1. The Morgan fingerprint density at radius 1 is 1.25 bits per heavy atom. The second-order valence-corrected chi connectivity index (χ2v) is 9.19. The molecule has 28 heavy (non-hydrogen) atoms. The molecule has 0 radical (unpaired) electrons. The molecule has 0 unspecified atom stereocenters. The summed E-state index contributed by atoms with van der Waals surface area (Å²) >= 11 is 1.42. The van der Waals surface area contributed by atoms with E-state index in [1.54, 1.807) is 6.92 Å². The van der Waals surface area contributed by atoms with E-state index in [2.05, 4.69) is 12.2 Å². The number of ether oxygens (including phenoxy) is 1. The van der Waals surface area contributed by atoms with Gasteiger partial charge in [-0.3, -0.25) is 4.79 Å². The zero-order valence-electron chi connectivity index (χ0n) is 16.0. The van der Waals surface area contributed by atoms with E-state index in [1.807, 2.05) is 12.2 Å². The van der Waals surface area contributed by atoms with Crippen molar-refractivity contribution in [3.05, 3.63) is 28.2 Å². The van der Waals surface area contributed by atoms with Crippen LogP contribution in [0.3, 0.4) is 0 Å². The maximum Gasteiger partial charge on any atom is 0.341 e. The van der Waals surface area contributed by atoms with Gasteiger partial charge in [-0.25, -0.2) is 4.79 Å². The van der Waals surface area contributed by atoms with Gasteiger partial charge in [-0.2, -0.15) is 0 Å². The van der Waals surface area contributed by atoms with E-state index >= 15 is 0 Å². The standard InChI is InChI=1S/C21H25NO5S/c1-3-27-21(26)17-13-7-4-10(2)8-14(13)28-19(17)22-18(23)15-11-5-6-12(9-11)16(15)20(24)25/h5-6,10-12,15-16H,3-4,7-9H2,1-2H3,(H,22,23)(H,24,25)/p-1/t10-,11-,12-,15-,16+/m1/s1. The molecule has 1 N–H and O–H groups in total. The number of fused-ring (bicyclic) bond motifs is 3. The van der Waals surface area contributed by atoms with Crippen molar-refractivity contribution in [2.24, 2.45) is 29.6 Å². The number of rotatable bonds is 5. The zero-order chi connectivity index (χ0) is 20.0. The van der Waals surface area contributed by atoms with E-state index in [-0.39, 0.29) is 24.3 Å². The zero-order valence-corrected chi connectivity index (χ0v) is 16.8. The number of allylic oxidation sites excluding steroid dienone is 2. The lowest BCUT2D eigenvalue weighted by Crippen LogP contribution is -2.42. The van der Waals surface area contributed by atoms with Gasteiger partial charge in [-0.1, -0.05) is 19.1 Å². The van der Waals surface area contributed by atoms with Crippen LogP contribution in [0.2, 0.25) is 0 Å². The summed E-state index contributed by atoms with van der Waals surface area (Å²) in [6, 6.07) is 0. The summed E-state index contributed by atoms with van der Waals surface area (Å²) in [7, 11) is 0. The number of nitrogens with one attached hydrogen (secondary N) is 1. The lowest BCUT2D eigenvalue weighted by atomic mass is 9.82. The van der Waals surface area contributed by atoms with Crippen molar-refractivity contribution in [2.45, 2.75) is 39.5 Å². The van der Waals surface area contributed by atoms with Crippen LogP contribution in [0.25, 0.3) is 0 Å². The van der Waals surface area contributed by atoms with Gasteiger partial charge in [0.1, 0.15) is 5.00 Å². The van der Waals surface area contributed by atoms with Gasteiger partial charge in [0.15, 0.2) is 0 Å². The predicted octanol–water partition coefficient (Wildman–Crippen LogP) is 2.18. The molecule has 1 amide bonds. The van der Waals surface area contributed by atoms with Gasteiger partial charge in [-0.15, -0.1) is 11.3 Å². The monoisotopic (exact) mass is 402 g/mol. The fraction of sp³-hybridized carbons (Fsp3) is 0.571. The average Bonchev–Trinajstić information content (AvgIpc) is 3.33. The highest BCUT2D eigenvalue weighted by Gasteiger charge is 2.49. The molecule has 0 aromatic carbocycles. The molecule has 2 bridgehead atoms. The summed E-state index contributed by atoms with van der Waals surface area (Å²) < 4.78 is 5.24. The summed E-state index contributed by atoms with van der Waals surface area (Å²) in [6.45, 7) is 4.19. The molecule has 7 heteroatoms. The first kappa shape index (κ1) is 19.2. The van der Waals surface area contributed by atoms with Crippen LogP contribution < -0.4 is 10.4 Å². The lowest BCUT2D eigenvalue weighted by Gasteiger charge is -2.27. The van der Waals surface area contributed by atoms with E-state index in [0.717, 1.165) is 29.7 Å². The largest absolute Gasteiger partial charge is 0.550 e. The summed E-state index contributed by atoms with van der Waals surface area (Å²) in [5.74, 6) is -3.12. The number of hydrogen-bond acceptors (Lipinski definition) is 6. The minimum Gasteiger partial charge on any atom is -0.550 e. The molecule has 6 nitrogen and oxygen atoms in total. The van der Waals surface area contributed by atoms with Crippen LogP contribution in [0.5, 0.6) is 0 Å². The van der Waals surface area contributed by atoms with Gasteiger partial charge in [0, 0.05) is 16.8 Å². The van der Waals surface area contributed by atoms with Crippen molar-refractivity contribution in [3.8, 4) is 0 Å². The third kappa shape index (κ3) is 3.15. The Balaban J connectivity index is 1.64. The fourth-order valence-corrected chi connectivity index (χ4v) is 6.36. The molecular weight excluding hydrogens is 378 g/mol. The van der Waals surface area contributed by atoms with Crippen LogP contribution >= 0.6 is 11.3 Å². The molecule has 0 spiro atoms. The summed E-state index contributed by atoms with van der Waals surface area (Å²) in [4.78, 5) is 38.4. The Morgan fingerprint density at radius 2 is 1.96 bits per heavy atom. The normalized spacial score (nSPS) is 30.1. The van der Waals surface area contributed by atoms with Gasteiger partial charge in [0.2, 0.25) is 5.91 Å². The summed E-state index contributed by atoms with van der Waals surface area (Å²) in [5.41, 5.74) is 1.42. The third-order valence-corrected chi connectivity index (χ3v) is 7.43. The molecule has 5 atom stereocenters. The molecule has 3 aliphatic rings. The number of esters is 1. The molecule has 1 aromatic rings. The Morgan fingerprint density at radius 3 is 2.64 bits per heavy atom. The van der Waals surface area contributed by atoms with Crippen LogP contribution in [-0.4, -0.2) is 24.5 Å². The smallest absolute Gasteiger partial charge is 0.341 e. The molecule has 1 aromatic heterocycles. The van der Waals surface area contributed by atoms with Crippen molar-refractivity contribution in [1.82, 2.24) is 0 Å². The maximum atomic E-state index is 13.0. The first-order valence-corrected chi connectivity index (χ1v) is 10.7. The Labute approximate surface area is 168 Å². The fourth-order valence-electron chi connectivity index (χ4n) is 4.95. The van der Waals surface area contributed by atoms with Gasteiger partial charge in [0.05, 0.1) is 18.1 Å². The molecule has 1 saturated carbocycles. The van der Waals surface area contributed by atoms with E-state index in [1.165, 1.54) is 11.3 Å². The van der Waals surface area contributed by atoms with Gasteiger partial charge in [-0.05, 0) is 55.9 Å². The Hall–Kier alpha value is -2.15. The van der Waals surface area contributed by atoms with Gasteiger partial charge < -0.3 is 20.0 Å². The van der Waals surface area contributed by atoms with Crippen LogP contribution in [0.4, 0.5) is 5.00 Å². The number of carboxylic acid groups (broad SMARTS) is 1. The first-order chi connectivity index (χ1) is 13.4. The van der Waals surface area contributed by atoms with Crippen LogP contribution in [0, 0.1) is 29.6 Å². The Bertz CT molecular complexity index is 857. The van der Waals surface area contributed by atoms with E-state index in [4.69, 9.17) is 4.74 Å². The van der Waals surface area contributed by atoms with Crippen molar-refractivity contribution >= 4 is 34.2 Å². The highest BCUT2D eigenvalue weighted by atomic mass is 32.1. The molecule has 0 aliphatic heterocycles. The highest BCUT2D eigenvalue weighted by Crippen LogP contribution is 2.49. The third-order valence-electron chi connectivity index (χ3n) is 6.26. The van der Waals surface area contributed by atoms with E-state index in [0.29, 0.717) is 22.9 Å². The summed E-state index contributed by atoms with van der Waals surface area (Å²) in [6.07, 6.45) is 7.13. The number of carbonyl (C=O) groups is 3. The SMILES string of the molecule is CCOC(=O)c1c(NC(=O)[C@H]2[C@@H](C(=O)[O-])[C@@H]3C=C[C@@H]2C3)sc2c1CC[C@@H](C)C2. The van der Waals surface area contributed by atoms with Crippen LogP contribution in [0.15, 0.2) is 12.2 Å². The number of carbonyl (C=O) groups excluding carboxylic acids is 3. The van der Waals surface area contributed by atoms with Crippen molar-refractivity contribution in [2.75, 3.05) is 11.9 Å². The molecular formula is C21H24NO5S-. The van der Waals surface area contributed by atoms with Gasteiger partial charge in [0.25, 0.3) is 0 Å². The second-order valence-electron chi connectivity index (χ2n) is 8.08. The molecule has 0 saturated heterocycles. The molecule has 1 heterocycles. The van der Waals surface area contributed by atoms with Crippen molar-refractivity contribution < 1.29 is 24.2 Å².